The van der Waals surface area contributed by atoms with Gasteiger partial charge in [-0.05, 0) is 48.9 Å². The summed E-state index contributed by atoms with van der Waals surface area (Å²) in [6, 6.07) is 25.1. The lowest BCUT2D eigenvalue weighted by molar-refractivity contribution is -0.113. The zero-order valence-electron chi connectivity index (χ0n) is 17.5. The first kappa shape index (κ1) is 21.9. The van der Waals surface area contributed by atoms with Crippen LogP contribution in [0.2, 0.25) is 5.02 Å². The van der Waals surface area contributed by atoms with Crippen molar-refractivity contribution >= 4 is 40.6 Å². The minimum absolute atomic E-state index is 0.0921. The molecule has 0 unspecified atom stereocenters. The fourth-order valence-corrected chi connectivity index (χ4v) is 4.11. The second-order valence-electron chi connectivity index (χ2n) is 7.09. The van der Waals surface area contributed by atoms with Gasteiger partial charge in [0.15, 0.2) is 11.0 Å². The number of benzene rings is 3. The van der Waals surface area contributed by atoms with Crippen molar-refractivity contribution in [2.75, 3.05) is 16.4 Å². The average Bonchev–Trinajstić information content (AvgIpc) is 3.21. The molecule has 4 rings (SSSR count). The van der Waals surface area contributed by atoms with Crippen LogP contribution in [0.1, 0.15) is 11.4 Å². The highest BCUT2D eigenvalue weighted by atomic mass is 35.5. The van der Waals surface area contributed by atoms with E-state index in [0.29, 0.717) is 16.7 Å². The van der Waals surface area contributed by atoms with Crippen molar-refractivity contribution in [2.45, 2.75) is 18.6 Å². The van der Waals surface area contributed by atoms with Crippen molar-refractivity contribution in [3.63, 3.8) is 0 Å². The Morgan fingerprint density at radius 1 is 1.00 bits per heavy atom. The molecule has 0 bridgehead atoms. The van der Waals surface area contributed by atoms with Crippen LogP contribution in [0.25, 0.3) is 5.69 Å². The Labute approximate surface area is 196 Å². The predicted octanol–water partition coefficient (Wildman–Crippen LogP) is 5.57. The second-order valence-corrected chi connectivity index (χ2v) is 8.46. The number of amides is 1. The number of aromatic nitrogens is 3. The summed E-state index contributed by atoms with van der Waals surface area (Å²) in [5.41, 5.74) is 3.66. The number of halogens is 1. The van der Waals surface area contributed by atoms with Crippen LogP contribution >= 0.6 is 23.4 Å². The lowest BCUT2D eigenvalue weighted by Crippen LogP contribution is -2.15. The number of para-hydroxylation sites is 2. The summed E-state index contributed by atoms with van der Waals surface area (Å²) in [5, 5.41) is 16.3. The van der Waals surface area contributed by atoms with E-state index in [4.69, 9.17) is 11.6 Å². The third-order valence-electron chi connectivity index (χ3n) is 4.74. The van der Waals surface area contributed by atoms with Gasteiger partial charge in [-0.25, -0.2) is 0 Å². The number of thioether (sulfide) groups is 1. The Morgan fingerprint density at radius 2 is 1.78 bits per heavy atom. The van der Waals surface area contributed by atoms with Crippen molar-refractivity contribution in [1.82, 2.24) is 14.8 Å². The van der Waals surface area contributed by atoms with E-state index in [9.17, 15) is 4.79 Å². The molecule has 2 N–H and O–H groups in total. The fraction of sp³-hybridized carbons (Fsp3) is 0.125. The first-order valence-corrected chi connectivity index (χ1v) is 11.4. The molecule has 0 aliphatic rings. The molecule has 0 atom stereocenters. The first-order chi connectivity index (χ1) is 15.6. The van der Waals surface area contributed by atoms with Gasteiger partial charge in [0.25, 0.3) is 0 Å². The SMILES string of the molecule is Cc1ccccc1NC(=O)CSc1nnc(CNc2cccc(Cl)c2)n1-c1ccccc1. The standard InChI is InChI=1S/C24H22ClN5OS/c1-17-8-5-6-13-21(17)27-23(31)16-32-24-29-28-22(30(24)20-11-3-2-4-12-20)15-26-19-10-7-9-18(25)14-19/h2-14,26H,15-16H2,1H3,(H,27,31). The maximum atomic E-state index is 12.5. The monoisotopic (exact) mass is 463 g/mol. The summed E-state index contributed by atoms with van der Waals surface area (Å²) < 4.78 is 1.96. The van der Waals surface area contributed by atoms with Gasteiger partial charge in [0.1, 0.15) is 0 Å². The lowest BCUT2D eigenvalue weighted by atomic mass is 10.2. The van der Waals surface area contributed by atoms with Crippen LogP contribution in [0.3, 0.4) is 0 Å². The van der Waals surface area contributed by atoms with Crippen LogP contribution in [-0.2, 0) is 11.3 Å². The summed E-state index contributed by atoms with van der Waals surface area (Å²) in [6.07, 6.45) is 0. The van der Waals surface area contributed by atoms with Gasteiger partial charge in [0.05, 0.1) is 12.3 Å². The molecule has 0 saturated carbocycles. The summed E-state index contributed by atoms with van der Waals surface area (Å²) in [7, 11) is 0. The van der Waals surface area contributed by atoms with Crippen molar-refractivity contribution in [3.05, 3.63) is 95.3 Å². The van der Waals surface area contributed by atoms with Gasteiger partial charge in [-0.2, -0.15) is 0 Å². The van der Waals surface area contributed by atoms with E-state index < -0.39 is 0 Å². The molecular weight excluding hydrogens is 442 g/mol. The maximum absolute atomic E-state index is 12.5. The second kappa shape index (κ2) is 10.3. The molecular formula is C24H22ClN5OS. The number of nitrogens with zero attached hydrogens (tertiary/aromatic N) is 3. The van der Waals surface area contributed by atoms with Gasteiger partial charge in [0.2, 0.25) is 5.91 Å². The molecule has 0 spiro atoms. The Hall–Kier alpha value is -3.29. The number of aryl methyl sites for hydroxylation is 1. The molecule has 1 amide bonds. The maximum Gasteiger partial charge on any atom is 0.234 e. The van der Waals surface area contributed by atoms with E-state index in [1.54, 1.807) is 0 Å². The molecule has 32 heavy (non-hydrogen) atoms. The van der Waals surface area contributed by atoms with Crippen molar-refractivity contribution in [1.29, 1.82) is 0 Å². The fourth-order valence-electron chi connectivity index (χ4n) is 3.15. The molecule has 0 fully saturated rings. The Balaban J connectivity index is 1.50. The molecule has 162 valence electrons. The Morgan fingerprint density at radius 3 is 2.56 bits per heavy atom. The molecule has 0 saturated heterocycles. The van der Waals surface area contributed by atoms with Crippen molar-refractivity contribution in [2.24, 2.45) is 0 Å². The van der Waals surface area contributed by atoms with Crippen molar-refractivity contribution < 1.29 is 4.79 Å². The molecule has 8 heteroatoms. The van der Waals surface area contributed by atoms with Crippen LogP contribution in [0.4, 0.5) is 11.4 Å². The number of carbonyl (C=O) groups excluding carboxylic acids is 1. The number of anilines is 2. The number of rotatable bonds is 8. The van der Waals surface area contributed by atoms with Crippen LogP contribution in [-0.4, -0.2) is 26.4 Å². The smallest absolute Gasteiger partial charge is 0.234 e. The third kappa shape index (κ3) is 5.49. The number of hydrogen-bond acceptors (Lipinski definition) is 5. The average molecular weight is 464 g/mol. The van der Waals surface area contributed by atoms with Gasteiger partial charge < -0.3 is 10.6 Å². The highest BCUT2D eigenvalue weighted by Gasteiger charge is 2.16. The Bertz CT molecular complexity index is 1210. The molecule has 0 radical (unpaired) electrons. The largest absolute Gasteiger partial charge is 0.378 e. The lowest BCUT2D eigenvalue weighted by Gasteiger charge is -2.12. The van der Waals surface area contributed by atoms with E-state index in [2.05, 4.69) is 20.8 Å². The van der Waals surface area contributed by atoms with Crippen molar-refractivity contribution in [3.8, 4) is 5.69 Å². The van der Waals surface area contributed by atoms with Gasteiger partial charge in [0, 0.05) is 22.1 Å². The van der Waals surface area contributed by atoms with Gasteiger partial charge in [-0.1, -0.05) is 65.8 Å². The first-order valence-electron chi connectivity index (χ1n) is 10.1. The summed E-state index contributed by atoms with van der Waals surface area (Å²) >= 11 is 7.43. The molecule has 0 aliphatic heterocycles. The molecule has 1 aromatic heterocycles. The Kier molecular flexibility index (Phi) is 7.09. The van der Waals surface area contributed by atoms with Crippen LogP contribution in [0.5, 0.6) is 0 Å². The third-order valence-corrected chi connectivity index (χ3v) is 5.91. The molecule has 0 aliphatic carbocycles. The summed E-state index contributed by atoms with van der Waals surface area (Å²) in [6.45, 7) is 2.42. The van der Waals surface area contributed by atoms with Crippen LogP contribution < -0.4 is 10.6 Å². The minimum Gasteiger partial charge on any atom is -0.378 e. The van der Waals surface area contributed by atoms with E-state index in [1.165, 1.54) is 11.8 Å². The molecule has 6 nitrogen and oxygen atoms in total. The van der Waals surface area contributed by atoms with E-state index in [0.717, 1.165) is 28.5 Å². The van der Waals surface area contributed by atoms with Gasteiger partial charge in [-0.15, -0.1) is 10.2 Å². The van der Waals surface area contributed by atoms with E-state index in [-0.39, 0.29) is 11.7 Å². The number of carbonyl (C=O) groups is 1. The minimum atomic E-state index is -0.0921. The van der Waals surface area contributed by atoms with E-state index >= 15 is 0 Å². The normalized spacial score (nSPS) is 10.7. The van der Waals surface area contributed by atoms with Gasteiger partial charge >= 0.3 is 0 Å². The van der Waals surface area contributed by atoms with Crippen LogP contribution in [0, 0.1) is 6.92 Å². The zero-order valence-corrected chi connectivity index (χ0v) is 19.0. The molecule has 4 aromatic rings. The summed E-state index contributed by atoms with van der Waals surface area (Å²) in [5.74, 6) is 0.865. The quantitative estimate of drug-likeness (QED) is 0.334. The zero-order chi connectivity index (χ0) is 22.3. The number of nitrogens with one attached hydrogen (secondary N) is 2. The van der Waals surface area contributed by atoms with E-state index in [1.807, 2.05) is 90.4 Å². The predicted molar refractivity (Wildman–Crippen MR) is 131 cm³/mol. The molecule has 1 heterocycles. The molecule has 3 aromatic carbocycles. The number of hydrogen-bond donors (Lipinski definition) is 2. The topological polar surface area (TPSA) is 71.8 Å². The summed E-state index contributed by atoms with van der Waals surface area (Å²) in [4.78, 5) is 12.5. The van der Waals surface area contributed by atoms with Gasteiger partial charge in [-0.3, -0.25) is 9.36 Å². The highest BCUT2D eigenvalue weighted by molar-refractivity contribution is 7.99. The van der Waals surface area contributed by atoms with Crippen LogP contribution in [0.15, 0.2) is 84.0 Å². The highest BCUT2D eigenvalue weighted by Crippen LogP contribution is 2.24.